The van der Waals surface area contributed by atoms with Gasteiger partial charge in [0.2, 0.25) is 21.8 Å². The van der Waals surface area contributed by atoms with Crippen LogP contribution >= 0.6 is 0 Å². The molecule has 9 heteroatoms. The van der Waals surface area contributed by atoms with Gasteiger partial charge < -0.3 is 10.1 Å². The van der Waals surface area contributed by atoms with Gasteiger partial charge in [-0.3, -0.25) is 14.5 Å². The number of amides is 2. The van der Waals surface area contributed by atoms with Crippen molar-refractivity contribution in [2.24, 2.45) is 0 Å². The van der Waals surface area contributed by atoms with Crippen molar-refractivity contribution in [3.8, 4) is 0 Å². The van der Waals surface area contributed by atoms with E-state index in [1.54, 1.807) is 12.1 Å². The summed E-state index contributed by atoms with van der Waals surface area (Å²) in [5.41, 5.74) is 3.35. The summed E-state index contributed by atoms with van der Waals surface area (Å²) >= 11 is 0. The summed E-state index contributed by atoms with van der Waals surface area (Å²) in [6.07, 6.45) is 0.265. The second-order valence-electron chi connectivity index (χ2n) is 8.12. The van der Waals surface area contributed by atoms with Gasteiger partial charge in [-0.05, 0) is 36.2 Å². The molecule has 0 unspecified atom stereocenters. The number of anilines is 1. The molecule has 170 valence electrons. The van der Waals surface area contributed by atoms with Crippen LogP contribution in [0.1, 0.15) is 23.6 Å². The summed E-state index contributed by atoms with van der Waals surface area (Å²) < 4.78 is 32.7. The molecule has 1 saturated heterocycles. The van der Waals surface area contributed by atoms with Gasteiger partial charge in [0, 0.05) is 38.7 Å². The average molecular weight is 458 g/mol. The SMILES string of the molecule is CC(=O)N1c2ccc(S(=O)(=O)N3CCOCC3)cc2C[C@@H]1C(=O)NCc1ccc(C)cc1. The number of hydrogen-bond donors (Lipinski definition) is 1. The molecule has 4 rings (SSSR count). The third kappa shape index (κ3) is 4.41. The Morgan fingerprint density at radius 1 is 1.09 bits per heavy atom. The van der Waals surface area contributed by atoms with E-state index < -0.39 is 16.1 Å². The Balaban J connectivity index is 1.54. The summed E-state index contributed by atoms with van der Waals surface area (Å²) in [4.78, 5) is 26.9. The van der Waals surface area contributed by atoms with Gasteiger partial charge in [-0.15, -0.1) is 0 Å². The van der Waals surface area contributed by atoms with Gasteiger partial charge in [0.05, 0.1) is 18.1 Å². The maximum atomic E-state index is 13.0. The van der Waals surface area contributed by atoms with E-state index in [-0.39, 0.29) is 23.1 Å². The van der Waals surface area contributed by atoms with E-state index in [0.717, 1.165) is 11.1 Å². The van der Waals surface area contributed by atoms with Crippen LogP contribution < -0.4 is 10.2 Å². The zero-order valence-corrected chi connectivity index (χ0v) is 19.0. The molecule has 0 saturated carbocycles. The fourth-order valence-corrected chi connectivity index (χ4v) is 5.60. The molecule has 0 spiro atoms. The van der Waals surface area contributed by atoms with Gasteiger partial charge >= 0.3 is 0 Å². The molecule has 2 heterocycles. The number of nitrogens with zero attached hydrogens (tertiary/aromatic N) is 2. The van der Waals surface area contributed by atoms with Crippen LogP contribution in [0, 0.1) is 6.92 Å². The topological polar surface area (TPSA) is 96.0 Å². The minimum Gasteiger partial charge on any atom is -0.379 e. The van der Waals surface area contributed by atoms with E-state index in [4.69, 9.17) is 4.74 Å². The predicted molar refractivity (Wildman–Crippen MR) is 120 cm³/mol. The van der Waals surface area contributed by atoms with Crippen molar-refractivity contribution in [2.75, 3.05) is 31.2 Å². The van der Waals surface area contributed by atoms with Gasteiger partial charge in [0.15, 0.2) is 0 Å². The van der Waals surface area contributed by atoms with Crippen molar-refractivity contribution < 1.29 is 22.7 Å². The Bertz CT molecular complexity index is 1120. The first-order valence-corrected chi connectivity index (χ1v) is 12.1. The Hall–Kier alpha value is -2.75. The Kier molecular flexibility index (Phi) is 6.32. The van der Waals surface area contributed by atoms with Crippen LogP contribution in [0.2, 0.25) is 0 Å². The molecule has 0 aromatic heterocycles. The van der Waals surface area contributed by atoms with Crippen molar-refractivity contribution in [3.05, 3.63) is 59.2 Å². The third-order valence-electron chi connectivity index (χ3n) is 5.87. The first kappa shape index (κ1) is 22.4. The largest absolute Gasteiger partial charge is 0.379 e. The number of benzene rings is 2. The molecule has 2 aromatic rings. The summed E-state index contributed by atoms with van der Waals surface area (Å²) in [5, 5.41) is 2.90. The fraction of sp³-hybridized carbons (Fsp3) is 0.391. The van der Waals surface area contributed by atoms with E-state index in [0.29, 0.717) is 44.1 Å². The molecule has 0 aliphatic carbocycles. The van der Waals surface area contributed by atoms with E-state index in [1.165, 1.54) is 22.2 Å². The highest BCUT2D eigenvalue weighted by atomic mass is 32.2. The fourth-order valence-electron chi connectivity index (χ4n) is 4.14. The molecule has 8 nitrogen and oxygen atoms in total. The predicted octanol–water partition coefficient (Wildman–Crippen LogP) is 1.61. The lowest BCUT2D eigenvalue weighted by atomic mass is 10.1. The summed E-state index contributed by atoms with van der Waals surface area (Å²) in [6.45, 7) is 5.11. The molecule has 1 fully saturated rings. The average Bonchev–Trinajstić information content (AvgIpc) is 3.18. The first-order valence-electron chi connectivity index (χ1n) is 10.6. The second-order valence-corrected chi connectivity index (χ2v) is 10.1. The van der Waals surface area contributed by atoms with Crippen molar-refractivity contribution in [1.29, 1.82) is 0 Å². The first-order chi connectivity index (χ1) is 15.3. The molecule has 1 atom stereocenters. The lowest BCUT2D eigenvalue weighted by Gasteiger charge is -2.26. The highest BCUT2D eigenvalue weighted by Gasteiger charge is 2.38. The standard InChI is InChI=1S/C23H27N3O5S/c1-16-3-5-18(6-4-16)15-24-23(28)22-14-19-13-20(7-8-21(19)26(22)17(2)27)32(29,30)25-9-11-31-12-10-25/h3-8,13,22H,9-12,14-15H2,1-2H3,(H,24,28)/t22-/m1/s1. The number of sulfonamides is 1. The molecule has 0 radical (unpaired) electrons. The molecule has 1 N–H and O–H groups in total. The van der Waals surface area contributed by atoms with Crippen molar-refractivity contribution >= 4 is 27.5 Å². The van der Waals surface area contributed by atoms with Crippen molar-refractivity contribution in [1.82, 2.24) is 9.62 Å². The number of aryl methyl sites for hydroxylation is 1. The quantitative estimate of drug-likeness (QED) is 0.736. The zero-order chi connectivity index (χ0) is 22.9. The Morgan fingerprint density at radius 2 is 1.78 bits per heavy atom. The molecule has 2 amide bonds. The monoisotopic (exact) mass is 457 g/mol. The molecule has 2 aromatic carbocycles. The molecular weight excluding hydrogens is 430 g/mol. The van der Waals surface area contributed by atoms with Gasteiger partial charge in [0.1, 0.15) is 6.04 Å². The minimum absolute atomic E-state index is 0.169. The molecule has 2 aliphatic heterocycles. The Morgan fingerprint density at radius 3 is 2.44 bits per heavy atom. The van der Waals surface area contributed by atoms with Crippen LogP contribution in [0.3, 0.4) is 0 Å². The zero-order valence-electron chi connectivity index (χ0n) is 18.2. The van der Waals surface area contributed by atoms with Crippen LogP contribution in [0.25, 0.3) is 0 Å². The van der Waals surface area contributed by atoms with E-state index in [2.05, 4.69) is 5.32 Å². The summed E-state index contributed by atoms with van der Waals surface area (Å²) in [5.74, 6) is -0.530. The highest BCUT2D eigenvalue weighted by molar-refractivity contribution is 7.89. The van der Waals surface area contributed by atoms with Crippen LogP contribution in [-0.2, 0) is 37.3 Å². The van der Waals surface area contributed by atoms with E-state index >= 15 is 0 Å². The number of ether oxygens (including phenoxy) is 1. The number of morpholine rings is 1. The molecule has 2 aliphatic rings. The van der Waals surface area contributed by atoms with Gasteiger partial charge in [-0.1, -0.05) is 29.8 Å². The molecule has 32 heavy (non-hydrogen) atoms. The molecule has 0 bridgehead atoms. The number of hydrogen-bond acceptors (Lipinski definition) is 5. The van der Waals surface area contributed by atoms with Crippen LogP contribution in [-0.4, -0.2) is 56.9 Å². The maximum absolute atomic E-state index is 13.0. The van der Waals surface area contributed by atoms with Crippen LogP contribution in [0.15, 0.2) is 47.4 Å². The van der Waals surface area contributed by atoms with Crippen molar-refractivity contribution in [3.63, 3.8) is 0 Å². The van der Waals surface area contributed by atoms with Crippen LogP contribution in [0.5, 0.6) is 0 Å². The number of nitrogens with one attached hydrogen (secondary N) is 1. The van der Waals surface area contributed by atoms with Gasteiger partial charge in [-0.2, -0.15) is 4.31 Å². The molecular formula is C23H27N3O5S. The number of rotatable bonds is 5. The lowest BCUT2D eigenvalue weighted by molar-refractivity contribution is -0.125. The third-order valence-corrected chi connectivity index (χ3v) is 7.77. The minimum atomic E-state index is -3.66. The van der Waals surface area contributed by atoms with Crippen molar-refractivity contribution in [2.45, 2.75) is 37.8 Å². The smallest absolute Gasteiger partial charge is 0.243 e. The normalized spacial score (nSPS) is 18.9. The van der Waals surface area contributed by atoms with Gasteiger partial charge in [0.25, 0.3) is 0 Å². The lowest BCUT2D eigenvalue weighted by Crippen LogP contribution is -2.47. The second kappa shape index (κ2) is 9.01. The number of carbonyl (C=O) groups excluding carboxylic acids is 2. The highest BCUT2D eigenvalue weighted by Crippen LogP contribution is 2.35. The number of fused-ring (bicyclic) bond motifs is 1. The summed E-state index contributed by atoms with van der Waals surface area (Å²) in [7, 11) is -3.66. The number of carbonyl (C=O) groups is 2. The van der Waals surface area contributed by atoms with E-state index in [9.17, 15) is 18.0 Å². The van der Waals surface area contributed by atoms with E-state index in [1.807, 2.05) is 31.2 Å². The maximum Gasteiger partial charge on any atom is 0.243 e. The summed E-state index contributed by atoms with van der Waals surface area (Å²) in [6, 6.07) is 11.9. The van der Waals surface area contributed by atoms with Crippen LogP contribution in [0.4, 0.5) is 5.69 Å². The Labute approximate surface area is 188 Å². The van der Waals surface area contributed by atoms with Gasteiger partial charge in [-0.25, -0.2) is 8.42 Å².